The molecule has 3 heteroatoms. The first-order valence-electron chi connectivity index (χ1n) is 17.9. The van der Waals surface area contributed by atoms with Gasteiger partial charge in [-0.3, -0.25) is 0 Å². The number of rotatable bonds is 5. The number of hydrogen-bond acceptors (Lipinski definition) is 3. The summed E-state index contributed by atoms with van der Waals surface area (Å²) in [6.07, 6.45) is 0. The van der Waals surface area contributed by atoms with Crippen molar-refractivity contribution in [2.45, 2.75) is 19.3 Å². The third-order valence-corrected chi connectivity index (χ3v) is 12.0. The van der Waals surface area contributed by atoms with Gasteiger partial charge in [-0.2, -0.15) is 0 Å². The molecular weight excluding hydrogens is 649 g/mol. The molecule has 2 nitrogen and oxygen atoms in total. The van der Waals surface area contributed by atoms with E-state index in [-0.39, 0.29) is 5.41 Å². The second-order valence-electron chi connectivity index (χ2n) is 14.1. The Labute approximate surface area is 308 Å². The minimum atomic E-state index is -0.256. The lowest BCUT2D eigenvalue weighted by molar-refractivity contribution is 0.632. The van der Waals surface area contributed by atoms with Crippen molar-refractivity contribution in [2.24, 2.45) is 0 Å². The van der Waals surface area contributed by atoms with Gasteiger partial charge in [0.05, 0.1) is 17.1 Å². The summed E-state index contributed by atoms with van der Waals surface area (Å²) in [6, 6.07) is 66.6. The lowest BCUT2D eigenvalue weighted by atomic mass is 9.73. The number of para-hydroxylation sites is 3. The number of nitrogens with zero attached hydrogens (tertiary/aromatic N) is 2. The molecular formula is C49H36N2S. The highest BCUT2D eigenvalue weighted by molar-refractivity contribution is 7.26. The molecule has 10 rings (SSSR count). The van der Waals surface area contributed by atoms with Crippen LogP contribution in [-0.4, -0.2) is 0 Å². The fourth-order valence-electron chi connectivity index (χ4n) is 8.35. The molecule has 0 saturated heterocycles. The van der Waals surface area contributed by atoms with Gasteiger partial charge in [0.1, 0.15) is 0 Å². The summed E-state index contributed by atoms with van der Waals surface area (Å²) in [4.78, 5) is 4.92. The van der Waals surface area contributed by atoms with E-state index >= 15 is 0 Å². The number of fused-ring (bicyclic) bond motifs is 6. The summed E-state index contributed by atoms with van der Waals surface area (Å²) in [7, 11) is 0. The predicted octanol–water partition coefficient (Wildman–Crippen LogP) is 14.5. The van der Waals surface area contributed by atoms with E-state index in [0.717, 1.165) is 17.1 Å². The highest BCUT2D eigenvalue weighted by Gasteiger charge is 2.38. The fourth-order valence-corrected chi connectivity index (χ4v) is 9.58. The van der Waals surface area contributed by atoms with Gasteiger partial charge in [0.25, 0.3) is 0 Å². The second-order valence-corrected chi connectivity index (χ2v) is 15.2. The molecule has 0 saturated carbocycles. The molecule has 248 valence electrons. The minimum Gasteiger partial charge on any atom is -0.310 e. The lowest BCUT2D eigenvalue weighted by Gasteiger charge is -2.43. The smallest absolute Gasteiger partial charge is 0.0619 e. The minimum absolute atomic E-state index is 0.256. The van der Waals surface area contributed by atoms with Crippen LogP contribution >= 0.6 is 11.3 Å². The molecule has 9 aromatic rings. The standard InChI is InChI=1S/C49H36N2S/c1-49(2)42-25-12-13-26-44(42)51(45-31-29-36(32-43(45)49)50(34-17-5-3-6-18-34)35-19-7-4-8-20-35)47-37-21-10-9-16-33(37)28-30-39(47)41-24-15-23-40-38-22-11-14-27-46(38)52-48(40)41/h3-32H,1-2H3. The van der Waals surface area contributed by atoms with E-state index in [1.54, 1.807) is 0 Å². The number of thiophene rings is 1. The van der Waals surface area contributed by atoms with Gasteiger partial charge in [-0.15, -0.1) is 11.3 Å². The second kappa shape index (κ2) is 12.0. The summed E-state index contributed by atoms with van der Waals surface area (Å²) >= 11 is 1.89. The van der Waals surface area contributed by atoms with E-state index in [1.165, 1.54) is 70.3 Å². The Hall–Kier alpha value is -6.16. The zero-order valence-electron chi connectivity index (χ0n) is 29.1. The normalized spacial score (nSPS) is 13.3. The van der Waals surface area contributed by atoms with Crippen molar-refractivity contribution < 1.29 is 0 Å². The molecule has 0 atom stereocenters. The summed E-state index contributed by atoms with van der Waals surface area (Å²) in [5.41, 5.74) is 11.9. The summed E-state index contributed by atoms with van der Waals surface area (Å²) in [5.74, 6) is 0. The Morgan fingerprint density at radius 3 is 1.88 bits per heavy atom. The molecule has 0 spiro atoms. The van der Waals surface area contributed by atoms with Gasteiger partial charge in [0.15, 0.2) is 0 Å². The first-order chi connectivity index (χ1) is 25.6. The predicted molar refractivity (Wildman–Crippen MR) is 224 cm³/mol. The third kappa shape index (κ3) is 4.70. The molecule has 0 aliphatic carbocycles. The number of benzene rings is 8. The van der Waals surface area contributed by atoms with Gasteiger partial charge in [-0.05, 0) is 71.1 Å². The highest BCUT2D eigenvalue weighted by atomic mass is 32.1. The van der Waals surface area contributed by atoms with E-state index in [1.807, 2.05) is 11.3 Å². The van der Waals surface area contributed by atoms with Crippen LogP contribution in [-0.2, 0) is 5.41 Å². The van der Waals surface area contributed by atoms with E-state index < -0.39 is 0 Å². The average molecular weight is 685 g/mol. The maximum atomic E-state index is 2.55. The molecule has 8 aromatic carbocycles. The average Bonchev–Trinajstić information content (AvgIpc) is 3.58. The van der Waals surface area contributed by atoms with Crippen molar-refractivity contribution in [3.05, 3.63) is 193 Å². The van der Waals surface area contributed by atoms with Gasteiger partial charge in [0, 0.05) is 59.2 Å². The van der Waals surface area contributed by atoms with Crippen molar-refractivity contribution in [1.82, 2.24) is 0 Å². The molecule has 0 N–H and O–H groups in total. The van der Waals surface area contributed by atoms with Crippen molar-refractivity contribution in [1.29, 1.82) is 0 Å². The third-order valence-electron chi connectivity index (χ3n) is 10.8. The van der Waals surface area contributed by atoms with Gasteiger partial charge >= 0.3 is 0 Å². The van der Waals surface area contributed by atoms with Crippen LogP contribution < -0.4 is 9.80 Å². The molecule has 0 radical (unpaired) electrons. The maximum absolute atomic E-state index is 2.55. The topological polar surface area (TPSA) is 6.48 Å². The van der Waals surface area contributed by atoms with Crippen LogP contribution in [0.5, 0.6) is 0 Å². The fraction of sp³-hybridized carbons (Fsp3) is 0.0612. The van der Waals surface area contributed by atoms with E-state index in [2.05, 4.69) is 206 Å². The number of hydrogen-bond donors (Lipinski definition) is 0. The highest BCUT2D eigenvalue weighted by Crippen LogP contribution is 2.56. The summed E-state index contributed by atoms with van der Waals surface area (Å²) in [5, 5.41) is 5.09. The Kier molecular flexibility index (Phi) is 7.06. The first kappa shape index (κ1) is 30.6. The van der Waals surface area contributed by atoms with Gasteiger partial charge in [0.2, 0.25) is 0 Å². The van der Waals surface area contributed by atoms with Crippen molar-refractivity contribution in [3.63, 3.8) is 0 Å². The van der Waals surface area contributed by atoms with Crippen molar-refractivity contribution in [3.8, 4) is 11.1 Å². The van der Waals surface area contributed by atoms with Crippen LogP contribution in [0.4, 0.5) is 34.1 Å². The van der Waals surface area contributed by atoms with Gasteiger partial charge in [-0.25, -0.2) is 0 Å². The van der Waals surface area contributed by atoms with Gasteiger partial charge in [-0.1, -0.05) is 141 Å². The van der Waals surface area contributed by atoms with Crippen LogP contribution in [0.1, 0.15) is 25.0 Å². The Morgan fingerprint density at radius 1 is 0.462 bits per heavy atom. The molecule has 2 heterocycles. The zero-order chi connectivity index (χ0) is 34.8. The quantitative estimate of drug-likeness (QED) is 0.178. The Morgan fingerprint density at radius 2 is 1.10 bits per heavy atom. The molecule has 1 aromatic heterocycles. The SMILES string of the molecule is CC1(C)c2ccccc2N(c2c(-c3cccc4c3sc3ccccc34)ccc3ccccc23)c2ccc(N(c3ccccc3)c3ccccc3)cc21. The monoisotopic (exact) mass is 684 g/mol. The lowest BCUT2D eigenvalue weighted by Crippen LogP contribution is -2.31. The van der Waals surface area contributed by atoms with E-state index in [4.69, 9.17) is 0 Å². The molecule has 1 aliphatic rings. The van der Waals surface area contributed by atoms with Crippen LogP contribution in [0.3, 0.4) is 0 Å². The molecule has 1 aliphatic heterocycles. The van der Waals surface area contributed by atoms with Crippen LogP contribution in [0.2, 0.25) is 0 Å². The van der Waals surface area contributed by atoms with E-state index in [9.17, 15) is 0 Å². The number of anilines is 6. The Bertz CT molecular complexity index is 2740. The molecule has 0 unspecified atom stereocenters. The first-order valence-corrected chi connectivity index (χ1v) is 18.8. The summed E-state index contributed by atoms with van der Waals surface area (Å²) < 4.78 is 2.64. The van der Waals surface area contributed by atoms with Crippen molar-refractivity contribution in [2.75, 3.05) is 9.80 Å². The molecule has 52 heavy (non-hydrogen) atoms. The van der Waals surface area contributed by atoms with Crippen molar-refractivity contribution >= 4 is 76.4 Å². The van der Waals surface area contributed by atoms with Crippen LogP contribution in [0.25, 0.3) is 42.1 Å². The maximum Gasteiger partial charge on any atom is 0.0619 e. The summed E-state index contributed by atoms with van der Waals surface area (Å²) in [6.45, 7) is 4.76. The van der Waals surface area contributed by atoms with Crippen LogP contribution in [0, 0.1) is 0 Å². The van der Waals surface area contributed by atoms with Crippen LogP contribution in [0.15, 0.2) is 182 Å². The Balaban J connectivity index is 1.26. The van der Waals surface area contributed by atoms with Gasteiger partial charge < -0.3 is 9.80 Å². The molecule has 0 amide bonds. The largest absolute Gasteiger partial charge is 0.310 e. The van der Waals surface area contributed by atoms with E-state index in [0.29, 0.717) is 0 Å². The molecule has 0 bridgehead atoms. The zero-order valence-corrected chi connectivity index (χ0v) is 29.9. The molecule has 0 fully saturated rings.